The van der Waals surface area contributed by atoms with E-state index in [1.807, 2.05) is 32.0 Å². The van der Waals surface area contributed by atoms with Gasteiger partial charge in [-0.2, -0.15) is 0 Å². The quantitative estimate of drug-likeness (QED) is 0.131. The van der Waals surface area contributed by atoms with Crippen molar-refractivity contribution in [3.05, 3.63) is 58.7 Å². The lowest BCUT2D eigenvalue weighted by Gasteiger charge is -2.27. The number of unbranched alkanes of at least 4 members (excludes halogenated alkanes) is 3. The number of ketones is 1. The summed E-state index contributed by atoms with van der Waals surface area (Å²) in [6, 6.07) is 9.96. The molecule has 0 saturated carbocycles. The van der Waals surface area contributed by atoms with Gasteiger partial charge in [-0.15, -0.1) is 0 Å². The third kappa shape index (κ3) is 7.36. The summed E-state index contributed by atoms with van der Waals surface area (Å²) in [5.41, 5.74) is 2.01. The number of likely N-dealkylation sites (N-methyl/N-ethyl adjacent to an activating group) is 1. The van der Waals surface area contributed by atoms with Gasteiger partial charge in [0.2, 0.25) is 0 Å². The Balaban J connectivity index is 2.05. The lowest BCUT2D eigenvalue weighted by atomic mass is 9.94. The smallest absolute Gasteiger partial charge is 0.295 e. The number of carbonyl (C=O) groups excluding carboxylic acids is 2. The molecular weight excluding hydrogens is 508 g/mol. The minimum absolute atomic E-state index is 0.0569. The number of aliphatic hydroxyl groups is 1. The molecular formula is C32H44N2O6. The molecule has 0 bridgehead atoms. The van der Waals surface area contributed by atoms with Gasteiger partial charge in [-0.3, -0.25) is 9.59 Å². The highest BCUT2D eigenvalue weighted by atomic mass is 16.5. The Morgan fingerprint density at radius 2 is 1.60 bits per heavy atom. The predicted octanol–water partition coefficient (Wildman–Crippen LogP) is 5.73. The lowest BCUT2D eigenvalue weighted by molar-refractivity contribution is -0.140. The van der Waals surface area contributed by atoms with Crippen molar-refractivity contribution in [2.45, 2.75) is 58.9 Å². The number of aliphatic hydroxyl groups excluding tert-OH is 1. The van der Waals surface area contributed by atoms with Crippen molar-refractivity contribution < 1.29 is 28.9 Å². The Labute approximate surface area is 238 Å². The molecule has 1 fully saturated rings. The number of likely N-dealkylation sites (tertiary alicyclic amines) is 1. The molecule has 1 atom stereocenters. The van der Waals surface area contributed by atoms with Gasteiger partial charge >= 0.3 is 0 Å². The zero-order chi connectivity index (χ0) is 29.2. The largest absolute Gasteiger partial charge is 0.507 e. The molecule has 8 nitrogen and oxygen atoms in total. The van der Waals surface area contributed by atoms with Crippen molar-refractivity contribution >= 4 is 17.4 Å². The van der Waals surface area contributed by atoms with Crippen LogP contribution in [0.2, 0.25) is 0 Å². The summed E-state index contributed by atoms with van der Waals surface area (Å²) in [5, 5.41) is 11.5. The minimum Gasteiger partial charge on any atom is -0.507 e. The van der Waals surface area contributed by atoms with Gasteiger partial charge in [0.15, 0.2) is 11.5 Å². The molecule has 0 radical (unpaired) electrons. The number of aryl methyl sites for hydroxylation is 1. The van der Waals surface area contributed by atoms with Gasteiger partial charge in [0.1, 0.15) is 11.5 Å². The fourth-order valence-electron chi connectivity index (χ4n) is 4.71. The first-order valence-corrected chi connectivity index (χ1v) is 14.2. The first-order chi connectivity index (χ1) is 19.2. The van der Waals surface area contributed by atoms with E-state index < -0.39 is 17.7 Å². The average molecular weight is 553 g/mol. The molecule has 0 spiro atoms. The van der Waals surface area contributed by atoms with Crippen LogP contribution in [-0.2, 0) is 9.59 Å². The Kier molecular flexibility index (Phi) is 11.4. The topological polar surface area (TPSA) is 88.5 Å². The Morgan fingerprint density at radius 3 is 2.25 bits per heavy atom. The van der Waals surface area contributed by atoms with E-state index in [1.54, 1.807) is 37.4 Å². The molecule has 8 heteroatoms. The number of nitrogens with zero attached hydrogens (tertiary/aromatic N) is 2. The summed E-state index contributed by atoms with van der Waals surface area (Å²) < 4.78 is 17.4. The Morgan fingerprint density at radius 1 is 0.925 bits per heavy atom. The van der Waals surface area contributed by atoms with Crippen LogP contribution in [0.15, 0.2) is 42.0 Å². The summed E-state index contributed by atoms with van der Waals surface area (Å²) in [6.45, 7) is 8.20. The maximum absolute atomic E-state index is 13.4. The highest BCUT2D eigenvalue weighted by molar-refractivity contribution is 6.46. The highest BCUT2D eigenvalue weighted by Gasteiger charge is 2.46. The molecule has 1 N–H and O–H groups in total. The second kappa shape index (κ2) is 14.7. The fourth-order valence-corrected chi connectivity index (χ4v) is 4.71. The predicted molar refractivity (Wildman–Crippen MR) is 157 cm³/mol. The van der Waals surface area contributed by atoms with Crippen LogP contribution in [0, 0.1) is 6.92 Å². The number of Topliss-reactive ketones (excluding diaryl/α,β-unsaturated/α-hetero) is 1. The lowest BCUT2D eigenvalue weighted by Crippen LogP contribution is -2.35. The van der Waals surface area contributed by atoms with Crippen LogP contribution < -0.4 is 14.2 Å². The van der Waals surface area contributed by atoms with Crippen LogP contribution in [0.25, 0.3) is 5.76 Å². The molecule has 0 aliphatic carbocycles. The van der Waals surface area contributed by atoms with Crippen LogP contribution in [-0.4, -0.2) is 74.1 Å². The Hall–Kier alpha value is -3.52. The monoisotopic (exact) mass is 552 g/mol. The molecule has 40 heavy (non-hydrogen) atoms. The molecule has 0 aromatic heterocycles. The second-order valence-corrected chi connectivity index (χ2v) is 10.4. The van der Waals surface area contributed by atoms with E-state index in [0.717, 1.165) is 43.4 Å². The minimum atomic E-state index is -0.774. The number of amides is 1. The van der Waals surface area contributed by atoms with Crippen molar-refractivity contribution in [2.75, 3.05) is 47.5 Å². The van der Waals surface area contributed by atoms with Crippen LogP contribution in [0.3, 0.4) is 0 Å². The van der Waals surface area contributed by atoms with Crippen LogP contribution in [0.5, 0.6) is 17.2 Å². The summed E-state index contributed by atoms with van der Waals surface area (Å²) in [6.07, 6.45) is 5.09. The number of hydrogen-bond acceptors (Lipinski definition) is 7. The maximum Gasteiger partial charge on any atom is 0.295 e. The van der Waals surface area contributed by atoms with Gasteiger partial charge in [-0.25, -0.2) is 0 Å². The highest BCUT2D eigenvalue weighted by Crippen LogP contribution is 2.42. The van der Waals surface area contributed by atoms with E-state index >= 15 is 0 Å². The fraction of sp³-hybridized carbons (Fsp3) is 0.500. The van der Waals surface area contributed by atoms with Crippen molar-refractivity contribution in [3.8, 4) is 17.2 Å². The molecule has 2 aromatic carbocycles. The van der Waals surface area contributed by atoms with E-state index in [1.165, 1.54) is 4.90 Å². The summed E-state index contributed by atoms with van der Waals surface area (Å²) >= 11 is 0. The molecule has 2 aromatic rings. The van der Waals surface area contributed by atoms with E-state index in [4.69, 9.17) is 14.2 Å². The third-order valence-corrected chi connectivity index (χ3v) is 7.04. The second-order valence-electron chi connectivity index (χ2n) is 10.4. The first-order valence-electron chi connectivity index (χ1n) is 14.2. The van der Waals surface area contributed by atoms with E-state index in [9.17, 15) is 14.7 Å². The van der Waals surface area contributed by atoms with E-state index in [2.05, 4.69) is 13.8 Å². The van der Waals surface area contributed by atoms with Gasteiger partial charge in [-0.1, -0.05) is 39.2 Å². The zero-order valence-corrected chi connectivity index (χ0v) is 24.8. The van der Waals surface area contributed by atoms with Crippen molar-refractivity contribution in [3.63, 3.8) is 0 Å². The number of hydrogen-bond donors (Lipinski definition) is 1. The molecule has 1 aliphatic rings. The number of rotatable bonds is 15. The zero-order valence-electron chi connectivity index (χ0n) is 24.8. The molecule has 1 saturated heterocycles. The molecule has 1 aliphatic heterocycles. The number of carbonyl (C=O) groups is 2. The van der Waals surface area contributed by atoms with Crippen LogP contribution in [0.4, 0.5) is 0 Å². The van der Waals surface area contributed by atoms with Crippen molar-refractivity contribution in [1.29, 1.82) is 0 Å². The van der Waals surface area contributed by atoms with Gasteiger partial charge < -0.3 is 29.1 Å². The van der Waals surface area contributed by atoms with Gasteiger partial charge in [0.25, 0.3) is 11.7 Å². The van der Waals surface area contributed by atoms with Gasteiger partial charge in [0, 0.05) is 18.7 Å². The number of ether oxygens (including phenoxy) is 3. The Bertz CT molecular complexity index is 1210. The van der Waals surface area contributed by atoms with Crippen molar-refractivity contribution in [1.82, 2.24) is 9.80 Å². The third-order valence-electron chi connectivity index (χ3n) is 7.04. The summed E-state index contributed by atoms with van der Waals surface area (Å²) in [4.78, 5) is 30.2. The van der Waals surface area contributed by atoms with Gasteiger partial charge in [-0.05, 0) is 75.3 Å². The number of benzene rings is 2. The van der Waals surface area contributed by atoms with Crippen LogP contribution in [0.1, 0.15) is 68.7 Å². The number of methoxy groups -OCH3 is 1. The maximum atomic E-state index is 13.4. The summed E-state index contributed by atoms with van der Waals surface area (Å²) in [5.74, 6) is 0.285. The normalized spacial score (nSPS) is 16.6. The van der Waals surface area contributed by atoms with E-state index in [-0.39, 0.29) is 11.3 Å². The molecule has 1 unspecified atom stereocenters. The SMILES string of the molecule is CCCCCOc1ccc(C2/C(=C(\O)c3ccc(OCCCC)c(C)c3)C(=O)C(=O)N2CCN(C)C)cc1OC. The molecule has 218 valence electrons. The molecule has 3 rings (SSSR count). The van der Waals surface area contributed by atoms with Crippen LogP contribution >= 0.6 is 0 Å². The molecule has 1 amide bonds. The standard InChI is InChI=1S/C32H44N2O6/c1-7-9-11-19-40-26-15-12-23(21-27(26)38-6)29-28(31(36)32(37)34(29)17-16-33(4)5)30(35)24-13-14-25(22(3)20-24)39-18-10-8-2/h12-15,20-21,29,35H,7-11,16-19H2,1-6H3/b30-28+. The molecule has 1 heterocycles. The summed E-state index contributed by atoms with van der Waals surface area (Å²) in [7, 11) is 5.38. The van der Waals surface area contributed by atoms with E-state index in [0.29, 0.717) is 48.9 Å². The average Bonchev–Trinajstić information content (AvgIpc) is 3.19. The first kappa shape index (κ1) is 31.0. The van der Waals surface area contributed by atoms with Gasteiger partial charge in [0.05, 0.1) is 31.9 Å². The van der Waals surface area contributed by atoms with Crippen molar-refractivity contribution in [2.24, 2.45) is 0 Å².